The third-order valence-corrected chi connectivity index (χ3v) is 5.11. The fourth-order valence-electron chi connectivity index (χ4n) is 2.21. The highest BCUT2D eigenvalue weighted by Gasteiger charge is 2.46. The topological polar surface area (TPSA) is 116 Å². The largest absolute Gasteiger partial charge is 0.394 e. The van der Waals surface area contributed by atoms with Crippen LogP contribution in [0.5, 0.6) is 0 Å². The Balaban J connectivity index is 2.45. The van der Waals surface area contributed by atoms with Crippen LogP contribution in [0.2, 0.25) is 0 Å². The first-order valence-electron chi connectivity index (χ1n) is 6.70. The van der Waals surface area contributed by atoms with Crippen LogP contribution in [0.25, 0.3) is 0 Å². The highest BCUT2D eigenvalue weighted by Crippen LogP contribution is 2.37. The minimum Gasteiger partial charge on any atom is -0.394 e. The minimum atomic E-state index is -3.48. The second-order valence-electron chi connectivity index (χ2n) is 4.97. The van der Waals surface area contributed by atoms with Gasteiger partial charge in [0.1, 0.15) is 11.9 Å². The summed E-state index contributed by atoms with van der Waals surface area (Å²) in [6, 6.07) is 5.47. The Kier molecular flexibility index (Phi) is 4.81. The van der Waals surface area contributed by atoms with Crippen LogP contribution in [-0.2, 0) is 25.1 Å². The van der Waals surface area contributed by atoms with Crippen molar-refractivity contribution in [1.82, 2.24) is 0 Å². The molecule has 8 nitrogen and oxygen atoms in total. The van der Waals surface area contributed by atoms with Gasteiger partial charge in [-0.2, -0.15) is 0 Å². The zero-order chi connectivity index (χ0) is 16.4. The lowest BCUT2D eigenvalue weighted by Crippen LogP contribution is -2.37. The lowest BCUT2D eigenvalue weighted by molar-refractivity contribution is -0.385. The maximum absolute atomic E-state index is 12.0. The molecule has 2 rings (SSSR count). The molecule has 1 saturated heterocycles. The zero-order valence-electron chi connectivity index (χ0n) is 12.0. The zero-order valence-corrected chi connectivity index (χ0v) is 12.8. The molecule has 0 aliphatic carbocycles. The molecule has 0 saturated carbocycles. The van der Waals surface area contributed by atoms with E-state index in [4.69, 9.17) is 9.47 Å². The molecule has 1 aromatic carbocycles. The number of hydrogen-bond acceptors (Lipinski definition) is 7. The summed E-state index contributed by atoms with van der Waals surface area (Å²) >= 11 is 0. The number of nitrogens with zero attached hydrogens (tertiary/aromatic N) is 1. The van der Waals surface area contributed by atoms with E-state index in [0.29, 0.717) is 0 Å². The van der Waals surface area contributed by atoms with Crippen molar-refractivity contribution in [2.75, 3.05) is 24.7 Å². The van der Waals surface area contributed by atoms with Crippen LogP contribution in [0, 0.1) is 10.1 Å². The Morgan fingerprint density at radius 3 is 2.77 bits per heavy atom. The van der Waals surface area contributed by atoms with E-state index in [1.165, 1.54) is 31.2 Å². The van der Waals surface area contributed by atoms with Crippen LogP contribution < -0.4 is 0 Å². The fourth-order valence-corrected chi connectivity index (χ4v) is 3.31. The van der Waals surface area contributed by atoms with Gasteiger partial charge in [0.05, 0.1) is 18.1 Å². The van der Waals surface area contributed by atoms with Gasteiger partial charge >= 0.3 is 0 Å². The van der Waals surface area contributed by atoms with Gasteiger partial charge in [0.15, 0.2) is 9.84 Å². The van der Waals surface area contributed by atoms with Crippen molar-refractivity contribution in [2.45, 2.75) is 18.8 Å². The molecule has 1 heterocycles. The lowest BCUT2D eigenvalue weighted by Gasteiger charge is -2.28. The van der Waals surface area contributed by atoms with Crippen LogP contribution in [0.3, 0.4) is 0 Å². The molecule has 1 N–H and O–H groups in total. The quantitative estimate of drug-likeness (QED) is 0.599. The Morgan fingerprint density at radius 2 is 2.23 bits per heavy atom. The molecule has 9 heteroatoms. The van der Waals surface area contributed by atoms with Gasteiger partial charge in [-0.1, -0.05) is 19.1 Å². The van der Waals surface area contributed by atoms with Crippen LogP contribution >= 0.6 is 0 Å². The van der Waals surface area contributed by atoms with Crippen molar-refractivity contribution < 1.29 is 27.9 Å². The van der Waals surface area contributed by atoms with Gasteiger partial charge in [-0.05, 0) is 0 Å². The van der Waals surface area contributed by atoms with E-state index < -0.39 is 32.4 Å². The maximum atomic E-state index is 12.0. The van der Waals surface area contributed by atoms with Crippen molar-refractivity contribution in [3.05, 3.63) is 39.9 Å². The normalized spacial score (nSPS) is 25.3. The second kappa shape index (κ2) is 6.29. The number of sulfone groups is 1. The van der Waals surface area contributed by atoms with Crippen LogP contribution in [-0.4, -0.2) is 49.3 Å². The number of benzene rings is 1. The van der Waals surface area contributed by atoms with E-state index in [1.54, 1.807) is 0 Å². The van der Waals surface area contributed by atoms with Crippen LogP contribution in [0.1, 0.15) is 12.5 Å². The van der Waals surface area contributed by atoms with Gasteiger partial charge in [-0.15, -0.1) is 0 Å². The first-order valence-corrected chi connectivity index (χ1v) is 8.52. The molecular weight excluding hydrogens is 314 g/mol. The average molecular weight is 331 g/mol. The van der Waals surface area contributed by atoms with E-state index in [0.717, 1.165) is 0 Å². The third-order valence-electron chi connectivity index (χ3n) is 3.41. The van der Waals surface area contributed by atoms with Crippen molar-refractivity contribution in [3.63, 3.8) is 0 Å². The monoisotopic (exact) mass is 331 g/mol. The van der Waals surface area contributed by atoms with Crippen molar-refractivity contribution in [2.24, 2.45) is 0 Å². The molecule has 0 bridgehead atoms. The highest BCUT2D eigenvalue weighted by atomic mass is 32.2. The van der Waals surface area contributed by atoms with Crippen LogP contribution in [0.15, 0.2) is 24.3 Å². The standard InChI is InChI=1S/C13H17NO7S/c1-2-22(18,19)9-13(20-8-12(7-15)21-13)10-4-3-5-11(6-10)14(16)17/h3-6,12,15H,2,7-9H2,1H3/t12-,13-/m1/s1. The predicted molar refractivity (Wildman–Crippen MR) is 77.0 cm³/mol. The number of nitro groups is 1. The molecule has 0 amide bonds. The molecular formula is C13H17NO7S. The Bertz CT molecular complexity index is 660. The smallest absolute Gasteiger partial charge is 0.269 e. The average Bonchev–Trinajstić information content (AvgIpc) is 2.91. The molecule has 1 aliphatic rings. The first-order chi connectivity index (χ1) is 10.3. The summed E-state index contributed by atoms with van der Waals surface area (Å²) in [7, 11) is -3.48. The molecule has 0 unspecified atom stereocenters. The third kappa shape index (κ3) is 3.43. The SMILES string of the molecule is CCS(=O)(=O)C[C@@]1(c2cccc([N+](=O)[O-])c2)OC[C@@H](CO)O1. The van der Waals surface area contributed by atoms with Gasteiger partial charge < -0.3 is 14.6 Å². The van der Waals surface area contributed by atoms with Gasteiger partial charge in [-0.3, -0.25) is 10.1 Å². The summed E-state index contributed by atoms with van der Waals surface area (Å²) in [6.07, 6.45) is -0.675. The van der Waals surface area contributed by atoms with Gasteiger partial charge in [0, 0.05) is 23.4 Å². The van der Waals surface area contributed by atoms with Crippen LogP contribution in [0.4, 0.5) is 5.69 Å². The van der Waals surface area contributed by atoms with E-state index in [1.807, 2.05) is 0 Å². The summed E-state index contributed by atoms with van der Waals surface area (Å²) < 4.78 is 35.1. The fraction of sp³-hybridized carbons (Fsp3) is 0.538. The Hall–Kier alpha value is -1.55. The molecule has 1 aliphatic heterocycles. The van der Waals surface area contributed by atoms with Crippen molar-refractivity contribution in [3.8, 4) is 0 Å². The number of rotatable bonds is 6. The number of non-ortho nitro benzene ring substituents is 1. The highest BCUT2D eigenvalue weighted by molar-refractivity contribution is 7.91. The number of ether oxygens (including phenoxy) is 2. The van der Waals surface area contributed by atoms with E-state index in [9.17, 15) is 23.6 Å². The molecule has 22 heavy (non-hydrogen) atoms. The molecule has 1 aromatic rings. The number of aliphatic hydroxyl groups excluding tert-OH is 1. The summed E-state index contributed by atoms with van der Waals surface area (Å²) in [5, 5.41) is 20.1. The van der Waals surface area contributed by atoms with Gasteiger partial charge in [0.2, 0.25) is 5.79 Å². The number of nitro benzene ring substituents is 1. The van der Waals surface area contributed by atoms with Crippen molar-refractivity contribution in [1.29, 1.82) is 0 Å². The number of aliphatic hydroxyl groups is 1. The van der Waals surface area contributed by atoms with Gasteiger partial charge in [-0.25, -0.2) is 8.42 Å². The predicted octanol–water partition coefficient (Wildman–Crippen LogP) is 0.590. The second-order valence-corrected chi connectivity index (χ2v) is 7.32. The summed E-state index contributed by atoms with van der Waals surface area (Å²) in [5.41, 5.74) is 0.0556. The summed E-state index contributed by atoms with van der Waals surface area (Å²) in [6.45, 7) is 1.18. The minimum absolute atomic E-state index is 0.0123. The number of hydrogen-bond donors (Lipinski definition) is 1. The summed E-state index contributed by atoms with van der Waals surface area (Å²) in [5.74, 6) is -2.21. The molecule has 2 atom stereocenters. The Labute approximate surface area is 127 Å². The molecule has 0 aromatic heterocycles. The summed E-state index contributed by atoms with van der Waals surface area (Å²) in [4.78, 5) is 10.3. The molecule has 122 valence electrons. The van der Waals surface area contributed by atoms with Crippen molar-refractivity contribution >= 4 is 15.5 Å². The van der Waals surface area contributed by atoms with E-state index in [2.05, 4.69) is 0 Å². The lowest BCUT2D eigenvalue weighted by atomic mass is 10.1. The molecule has 0 radical (unpaired) electrons. The molecule has 1 fully saturated rings. The molecule has 0 spiro atoms. The maximum Gasteiger partial charge on any atom is 0.269 e. The Morgan fingerprint density at radius 1 is 1.50 bits per heavy atom. The first kappa shape index (κ1) is 16.8. The van der Waals surface area contributed by atoms with E-state index in [-0.39, 0.29) is 30.2 Å². The van der Waals surface area contributed by atoms with Gasteiger partial charge in [0.25, 0.3) is 5.69 Å². The van der Waals surface area contributed by atoms with E-state index >= 15 is 0 Å².